The maximum atomic E-state index is 5.78. The fraction of sp³-hybridized carbons (Fsp3) is 0.308. The van der Waals surface area contributed by atoms with E-state index in [4.69, 9.17) is 10.5 Å². The van der Waals surface area contributed by atoms with E-state index in [1.165, 1.54) is 0 Å². The largest absolute Gasteiger partial charge is 0.491 e. The van der Waals surface area contributed by atoms with Gasteiger partial charge in [0.05, 0.1) is 12.4 Å². The normalized spacial score (nSPS) is 12.3. The molecule has 0 aliphatic rings. The molecule has 1 heterocycles. The van der Waals surface area contributed by atoms with Crippen molar-refractivity contribution < 1.29 is 4.74 Å². The van der Waals surface area contributed by atoms with Gasteiger partial charge in [0, 0.05) is 31.0 Å². The fourth-order valence-corrected chi connectivity index (χ4v) is 1.59. The molecule has 0 saturated carbocycles. The van der Waals surface area contributed by atoms with E-state index >= 15 is 0 Å². The predicted octanol–water partition coefficient (Wildman–Crippen LogP) is 2.32. The average molecular weight is 231 g/mol. The maximum absolute atomic E-state index is 5.78. The lowest BCUT2D eigenvalue weighted by Gasteiger charge is -2.14. The van der Waals surface area contributed by atoms with E-state index in [0.717, 1.165) is 24.4 Å². The molecular formula is C13H17N3O. The molecule has 0 saturated heterocycles. The van der Waals surface area contributed by atoms with Gasteiger partial charge in [0.2, 0.25) is 0 Å². The van der Waals surface area contributed by atoms with Gasteiger partial charge in [0.15, 0.2) is 0 Å². The van der Waals surface area contributed by atoms with Crippen LogP contribution in [0.25, 0.3) is 0 Å². The Morgan fingerprint density at radius 1 is 1.35 bits per heavy atom. The topological polar surface area (TPSA) is 53.1 Å². The number of aromatic nitrogens is 2. The zero-order chi connectivity index (χ0) is 12.1. The van der Waals surface area contributed by atoms with Crippen LogP contribution in [0.3, 0.4) is 0 Å². The SMILES string of the molecule is CC(CCn1ccnc1)Oc1ccc(N)cc1. The summed E-state index contributed by atoms with van der Waals surface area (Å²) in [4.78, 5) is 4.00. The number of nitrogen functional groups attached to an aromatic ring is 1. The van der Waals surface area contributed by atoms with Crippen molar-refractivity contribution in [3.63, 3.8) is 0 Å². The molecule has 0 radical (unpaired) electrons. The summed E-state index contributed by atoms with van der Waals surface area (Å²) in [6.45, 7) is 2.98. The number of aryl methyl sites for hydroxylation is 1. The number of hydrogen-bond donors (Lipinski definition) is 1. The first-order chi connectivity index (χ1) is 8.24. The lowest BCUT2D eigenvalue weighted by Crippen LogP contribution is -2.14. The van der Waals surface area contributed by atoms with Gasteiger partial charge in [-0.15, -0.1) is 0 Å². The van der Waals surface area contributed by atoms with Crippen LogP contribution in [-0.2, 0) is 6.54 Å². The molecule has 4 heteroatoms. The van der Waals surface area contributed by atoms with Crippen LogP contribution in [0.1, 0.15) is 13.3 Å². The number of anilines is 1. The summed E-state index contributed by atoms with van der Waals surface area (Å²) in [5.41, 5.74) is 6.37. The van der Waals surface area contributed by atoms with Gasteiger partial charge >= 0.3 is 0 Å². The molecule has 0 aliphatic carbocycles. The number of benzene rings is 1. The summed E-state index contributed by atoms with van der Waals surface area (Å²) in [5, 5.41) is 0. The minimum Gasteiger partial charge on any atom is -0.491 e. The van der Waals surface area contributed by atoms with Gasteiger partial charge < -0.3 is 15.0 Å². The molecule has 0 aliphatic heterocycles. The fourth-order valence-electron chi connectivity index (χ4n) is 1.59. The molecule has 17 heavy (non-hydrogen) atoms. The molecule has 1 atom stereocenters. The van der Waals surface area contributed by atoms with Gasteiger partial charge in [-0.2, -0.15) is 0 Å². The Balaban J connectivity index is 1.80. The molecule has 90 valence electrons. The van der Waals surface area contributed by atoms with Crippen molar-refractivity contribution in [1.29, 1.82) is 0 Å². The second-order valence-corrected chi connectivity index (χ2v) is 4.09. The van der Waals surface area contributed by atoms with Crippen molar-refractivity contribution in [2.45, 2.75) is 26.0 Å². The van der Waals surface area contributed by atoms with Gasteiger partial charge in [0.1, 0.15) is 5.75 Å². The first-order valence-electron chi connectivity index (χ1n) is 5.72. The van der Waals surface area contributed by atoms with Gasteiger partial charge in [0.25, 0.3) is 0 Å². The molecule has 4 nitrogen and oxygen atoms in total. The Morgan fingerprint density at radius 3 is 2.76 bits per heavy atom. The molecule has 2 N–H and O–H groups in total. The number of rotatable bonds is 5. The van der Waals surface area contributed by atoms with E-state index in [-0.39, 0.29) is 6.10 Å². The smallest absolute Gasteiger partial charge is 0.119 e. The van der Waals surface area contributed by atoms with Gasteiger partial charge in [-0.05, 0) is 31.2 Å². The van der Waals surface area contributed by atoms with Crippen LogP contribution in [0.4, 0.5) is 5.69 Å². The number of nitrogens with zero attached hydrogens (tertiary/aromatic N) is 2. The molecule has 2 aromatic rings. The third-order valence-corrected chi connectivity index (χ3v) is 2.57. The highest BCUT2D eigenvalue weighted by Gasteiger charge is 2.04. The van der Waals surface area contributed by atoms with Crippen LogP contribution in [0.15, 0.2) is 43.0 Å². The van der Waals surface area contributed by atoms with Crippen molar-refractivity contribution in [2.24, 2.45) is 0 Å². The number of ether oxygens (including phenoxy) is 1. The van der Waals surface area contributed by atoms with E-state index in [2.05, 4.69) is 11.9 Å². The first kappa shape index (κ1) is 11.5. The second-order valence-electron chi connectivity index (χ2n) is 4.09. The summed E-state index contributed by atoms with van der Waals surface area (Å²) in [6.07, 6.45) is 6.67. The summed E-state index contributed by atoms with van der Waals surface area (Å²) in [6, 6.07) is 7.47. The quantitative estimate of drug-likeness (QED) is 0.803. The van der Waals surface area contributed by atoms with E-state index < -0.39 is 0 Å². The van der Waals surface area contributed by atoms with Crippen LogP contribution >= 0.6 is 0 Å². The molecule has 0 spiro atoms. The molecular weight excluding hydrogens is 214 g/mol. The van der Waals surface area contributed by atoms with Crippen LogP contribution in [0, 0.1) is 0 Å². The van der Waals surface area contributed by atoms with Crippen molar-refractivity contribution in [3.05, 3.63) is 43.0 Å². The van der Waals surface area contributed by atoms with Crippen LogP contribution in [0.5, 0.6) is 5.75 Å². The Morgan fingerprint density at radius 2 is 2.12 bits per heavy atom. The molecule has 0 bridgehead atoms. The molecule has 1 aromatic carbocycles. The zero-order valence-electron chi connectivity index (χ0n) is 9.91. The molecule has 0 amide bonds. The Labute approximate surface area is 101 Å². The molecule has 2 rings (SSSR count). The highest BCUT2D eigenvalue weighted by atomic mass is 16.5. The zero-order valence-corrected chi connectivity index (χ0v) is 9.91. The second kappa shape index (κ2) is 5.39. The van der Waals surface area contributed by atoms with Crippen molar-refractivity contribution in [1.82, 2.24) is 9.55 Å². The minimum atomic E-state index is 0.168. The number of nitrogens with two attached hydrogens (primary N) is 1. The van der Waals surface area contributed by atoms with Crippen molar-refractivity contribution in [2.75, 3.05) is 5.73 Å². The van der Waals surface area contributed by atoms with Crippen molar-refractivity contribution >= 4 is 5.69 Å². The van der Waals surface area contributed by atoms with Gasteiger partial charge in [-0.3, -0.25) is 0 Å². The summed E-state index contributed by atoms with van der Waals surface area (Å²) >= 11 is 0. The Kier molecular flexibility index (Phi) is 3.65. The monoisotopic (exact) mass is 231 g/mol. The lowest BCUT2D eigenvalue weighted by atomic mass is 10.2. The van der Waals surface area contributed by atoms with Gasteiger partial charge in [-0.25, -0.2) is 4.98 Å². The number of hydrogen-bond acceptors (Lipinski definition) is 3. The third-order valence-electron chi connectivity index (χ3n) is 2.57. The Hall–Kier alpha value is -1.97. The summed E-state index contributed by atoms with van der Waals surface area (Å²) in [5.74, 6) is 0.859. The molecule has 1 unspecified atom stereocenters. The lowest BCUT2D eigenvalue weighted by molar-refractivity contribution is 0.204. The first-order valence-corrected chi connectivity index (χ1v) is 5.72. The maximum Gasteiger partial charge on any atom is 0.119 e. The highest BCUT2D eigenvalue weighted by Crippen LogP contribution is 2.15. The average Bonchev–Trinajstić information content (AvgIpc) is 2.83. The van der Waals surface area contributed by atoms with Crippen LogP contribution in [0.2, 0.25) is 0 Å². The molecule has 0 fully saturated rings. The van der Waals surface area contributed by atoms with Gasteiger partial charge in [-0.1, -0.05) is 0 Å². The van der Waals surface area contributed by atoms with E-state index in [1.807, 2.05) is 41.4 Å². The standard InChI is InChI=1S/C13H17N3O/c1-11(6-8-16-9-7-15-10-16)17-13-4-2-12(14)3-5-13/h2-5,7,9-11H,6,8,14H2,1H3. The summed E-state index contributed by atoms with van der Waals surface area (Å²) < 4.78 is 7.82. The Bertz CT molecular complexity index is 436. The molecule has 1 aromatic heterocycles. The van der Waals surface area contributed by atoms with E-state index in [1.54, 1.807) is 6.20 Å². The predicted molar refractivity (Wildman–Crippen MR) is 67.8 cm³/mol. The van der Waals surface area contributed by atoms with Crippen LogP contribution < -0.4 is 10.5 Å². The highest BCUT2D eigenvalue weighted by molar-refractivity contribution is 5.41. The summed E-state index contributed by atoms with van der Waals surface area (Å²) in [7, 11) is 0. The third kappa shape index (κ3) is 3.52. The minimum absolute atomic E-state index is 0.168. The van der Waals surface area contributed by atoms with E-state index in [9.17, 15) is 0 Å². The van der Waals surface area contributed by atoms with E-state index in [0.29, 0.717) is 0 Å². The van der Waals surface area contributed by atoms with Crippen molar-refractivity contribution in [3.8, 4) is 5.75 Å². The van der Waals surface area contributed by atoms with Crippen LogP contribution in [-0.4, -0.2) is 15.7 Å². The number of imidazole rings is 1.